The second-order valence-corrected chi connectivity index (χ2v) is 5.82. The maximum Gasteiger partial charge on any atom is 0.260 e. The van der Waals surface area contributed by atoms with Gasteiger partial charge < -0.3 is 19.9 Å². The lowest BCUT2D eigenvalue weighted by molar-refractivity contribution is -0.152. The molecule has 1 aromatic carbocycles. The minimum Gasteiger partial charge on any atom is -0.481 e. The van der Waals surface area contributed by atoms with Gasteiger partial charge in [0.15, 0.2) is 18.2 Å². The van der Waals surface area contributed by atoms with E-state index in [0.29, 0.717) is 26.2 Å². The Morgan fingerprint density at radius 2 is 2.00 bits per heavy atom. The van der Waals surface area contributed by atoms with Crippen molar-refractivity contribution in [3.8, 4) is 5.75 Å². The molecular formula is C16H18FN3O4. The van der Waals surface area contributed by atoms with Crippen LogP contribution in [0.1, 0.15) is 0 Å². The normalized spacial score (nSPS) is 18.0. The molecule has 0 saturated carbocycles. The van der Waals surface area contributed by atoms with E-state index in [1.54, 1.807) is 6.07 Å². The van der Waals surface area contributed by atoms with Gasteiger partial charge in [-0.25, -0.2) is 4.39 Å². The number of nitrogens with one attached hydrogen (secondary N) is 1. The van der Waals surface area contributed by atoms with Gasteiger partial charge in [0.2, 0.25) is 11.8 Å². The smallest absolute Gasteiger partial charge is 0.260 e. The number of nitrogens with zero attached hydrogens (tertiary/aromatic N) is 2. The number of halogens is 1. The monoisotopic (exact) mass is 335 g/mol. The molecule has 1 N–H and O–H groups in total. The Balaban J connectivity index is 1.44. The number of hydrogen-bond donors (Lipinski definition) is 1. The Morgan fingerprint density at radius 1 is 1.25 bits per heavy atom. The summed E-state index contributed by atoms with van der Waals surface area (Å²) < 4.78 is 18.6. The average molecular weight is 335 g/mol. The first kappa shape index (κ1) is 16.2. The summed E-state index contributed by atoms with van der Waals surface area (Å²) in [4.78, 5) is 38.6. The summed E-state index contributed by atoms with van der Waals surface area (Å²) in [7, 11) is 0. The molecular weight excluding hydrogens is 317 g/mol. The van der Waals surface area contributed by atoms with E-state index in [1.807, 2.05) is 0 Å². The molecule has 2 aliphatic heterocycles. The maximum absolute atomic E-state index is 13.4. The fourth-order valence-corrected chi connectivity index (χ4v) is 2.72. The van der Waals surface area contributed by atoms with E-state index in [9.17, 15) is 18.8 Å². The first-order valence-electron chi connectivity index (χ1n) is 7.75. The molecule has 2 fully saturated rings. The van der Waals surface area contributed by atoms with Crippen molar-refractivity contribution in [3.63, 3.8) is 0 Å². The number of amides is 3. The summed E-state index contributed by atoms with van der Waals surface area (Å²) in [5, 5.41) is 2.66. The van der Waals surface area contributed by atoms with Gasteiger partial charge in [0.1, 0.15) is 0 Å². The molecule has 0 spiro atoms. The first-order valence-corrected chi connectivity index (χ1v) is 7.75. The van der Waals surface area contributed by atoms with Crippen molar-refractivity contribution < 1.29 is 23.5 Å². The third-order valence-corrected chi connectivity index (χ3v) is 4.12. The van der Waals surface area contributed by atoms with Crippen LogP contribution in [0.4, 0.5) is 4.39 Å². The van der Waals surface area contributed by atoms with E-state index in [2.05, 4.69) is 5.32 Å². The number of piperazine rings is 1. The van der Waals surface area contributed by atoms with E-state index in [4.69, 9.17) is 4.74 Å². The number of benzene rings is 1. The Morgan fingerprint density at radius 3 is 2.71 bits per heavy atom. The molecule has 3 rings (SSSR count). The summed E-state index contributed by atoms with van der Waals surface area (Å²) in [5.74, 6) is -1.35. The summed E-state index contributed by atoms with van der Waals surface area (Å²) in [6, 6.07) is 5.87. The Hall–Kier alpha value is -2.64. The van der Waals surface area contributed by atoms with E-state index in [0.717, 1.165) is 0 Å². The van der Waals surface area contributed by atoms with Crippen LogP contribution in [-0.2, 0) is 14.4 Å². The molecule has 128 valence electrons. The molecule has 3 amide bonds. The van der Waals surface area contributed by atoms with Gasteiger partial charge >= 0.3 is 0 Å². The fourth-order valence-electron chi connectivity index (χ4n) is 2.72. The molecule has 0 unspecified atom stereocenters. The van der Waals surface area contributed by atoms with Gasteiger partial charge in [-0.15, -0.1) is 0 Å². The molecule has 2 saturated heterocycles. The molecule has 0 atom stereocenters. The van der Waals surface area contributed by atoms with Crippen LogP contribution in [0, 0.1) is 11.7 Å². The minimum absolute atomic E-state index is 0.0262. The van der Waals surface area contributed by atoms with Gasteiger partial charge in [-0.2, -0.15) is 0 Å². The lowest BCUT2D eigenvalue weighted by Gasteiger charge is -2.41. The van der Waals surface area contributed by atoms with Crippen molar-refractivity contribution in [1.82, 2.24) is 15.1 Å². The van der Waals surface area contributed by atoms with E-state index in [1.165, 1.54) is 28.0 Å². The zero-order chi connectivity index (χ0) is 17.1. The highest BCUT2D eigenvalue weighted by molar-refractivity contribution is 5.89. The van der Waals surface area contributed by atoms with Crippen LogP contribution in [-0.4, -0.2) is 66.9 Å². The zero-order valence-electron chi connectivity index (χ0n) is 13.0. The van der Waals surface area contributed by atoms with Crippen molar-refractivity contribution >= 4 is 17.7 Å². The van der Waals surface area contributed by atoms with Crippen molar-refractivity contribution in [2.24, 2.45) is 5.92 Å². The topological polar surface area (TPSA) is 79.0 Å². The highest BCUT2D eigenvalue weighted by atomic mass is 19.1. The maximum atomic E-state index is 13.4. The second-order valence-electron chi connectivity index (χ2n) is 5.82. The first-order chi connectivity index (χ1) is 11.5. The van der Waals surface area contributed by atoms with E-state index >= 15 is 0 Å². The quantitative estimate of drug-likeness (QED) is 0.814. The number of carbonyl (C=O) groups excluding carboxylic acids is 3. The van der Waals surface area contributed by atoms with Gasteiger partial charge in [0, 0.05) is 26.2 Å². The van der Waals surface area contributed by atoms with E-state index < -0.39 is 5.82 Å². The Bertz CT molecular complexity index is 660. The minimum atomic E-state index is -0.523. The number of likely N-dealkylation sites (tertiary alicyclic amines) is 1. The molecule has 8 heteroatoms. The summed E-state index contributed by atoms with van der Waals surface area (Å²) >= 11 is 0. The van der Waals surface area contributed by atoms with Gasteiger partial charge in [0.05, 0.1) is 12.5 Å². The van der Waals surface area contributed by atoms with Crippen LogP contribution >= 0.6 is 0 Å². The Labute approximate surface area is 138 Å². The highest BCUT2D eigenvalue weighted by Crippen LogP contribution is 2.20. The van der Waals surface area contributed by atoms with Gasteiger partial charge in [-0.1, -0.05) is 12.1 Å². The van der Waals surface area contributed by atoms with Crippen LogP contribution in [0.15, 0.2) is 24.3 Å². The van der Waals surface area contributed by atoms with Gasteiger partial charge in [0.25, 0.3) is 5.91 Å². The third kappa shape index (κ3) is 3.47. The second kappa shape index (κ2) is 6.86. The van der Waals surface area contributed by atoms with Crippen LogP contribution in [0.5, 0.6) is 5.75 Å². The number of para-hydroxylation sites is 1. The molecule has 2 heterocycles. The predicted octanol–water partition coefficient (Wildman–Crippen LogP) is -0.379. The SMILES string of the molecule is O=C1CN(C(=O)C2CN(C(=O)COc3ccccc3F)C2)CCN1. The van der Waals surface area contributed by atoms with Gasteiger partial charge in [-0.3, -0.25) is 14.4 Å². The highest BCUT2D eigenvalue weighted by Gasteiger charge is 2.38. The molecule has 0 bridgehead atoms. The summed E-state index contributed by atoms with van der Waals surface area (Å²) in [6.07, 6.45) is 0. The van der Waals surface area contributed by atoms with Gasteiger partial charge in [-0.05, 0) is 12.1 Å². The fraction of sp³-hybridized carbons (Fsp3) is 0.438. The zero-order valence-corrected chi connectivity index (χ0v) is 13.0. The molecule has 7 nitrogen and oxygen atoms in total. The average Bonchev–Trinajstić information content (AvgIpc) is 2.52. The van der Waals surface area contributed by atoms with Crippen molar-refractivity contribution in [2.75, 3.05) is 39.3 Å². The number of carbonyl (C=O) groups is 3. The lowest BCUT2D eigenvalue weighted by Crippen LogP contribution is -2.60. The number of ether oxygens (including phenoxy) is 1. The molecule has 24 heavy (non-hydrogen) atoms. The molecule has 1 aromatic rings. The molecule has 0 radical (unpaired) electrons. The summed E-state index contributed by atoms with van der Waals surface area (Å²) in [6.45, 7) is 1.35. The van der Waals surface area contributed by atoms with Crippen molar-refractivity contribution in [1.29, 1.82) is 0 Å². The molecule has 0 aromatic heterocycles. The van der Waals surface area contributed by atoms with Crippen molar-refractivity contribution in [2.45, 2.75) is 0 Å². The predicted molar refractivity (Wildman–Crippen MR) is 81.6 cm³/mol. The van der Waals surface area contributed by atoms with E-state index in [-0.39, 0.29) is 42.5 Å². The van der Waals surface area contributed by atoms with Crippen molar-refractivity contribution in [3.05, 3.63) is 30.1 Å². The molecule has 2 aliphatic rings. The number of hydrogen-bond acceptors (Lipinski definition) is 4. The summed E-state index contributed by atoms with van der Waals surface area (Å²) in [5.41, 5.74) is 0. The largest absolute Gasteiger partial charge is 0.481 e. The third-order valence-electron chi connectivity index (χ3n) is 4.12. The lowest BCUT2D eigenvalue weighted by atomic mass is 9.98. The standard InChI is InChI=1S/C16H18FN3O4/c17-12-3-1-2-4-13(12)24-10-15(22)20-7-11(8-20)16(23)19-6-5-18-14(21)9-19/h1-4,11H,5-10H2,(H,18,21). The van der Waals surface area contributed by atoms with Crippen LogP contribution < -0.4 is 10.1 Å². The van der Waals surface area contributed by atoms with Crippen LogP contribution in [0.25, 0.3) is 0 Å². The van der Waals surface area contributed by atoms with Crippen LogP contribution in [0.3, 0.4) is 0 Å². The number of rotatable bonds is 4. The van der Waals surface area contributed by atoms with Crippen LogP contribution in [0.2, 0.25) is 0 Å². The Kier molecular flexibility index (Phi) is 4.64. The molecule has 0 aliphatic carbocycles.